The number of benzene rings is 3. The second-order valence-corrected chi connectivity index (χ2v) is 12.8. The Kier molecular flexibility index (Phi) is 11.1. The topological polar surface area (TPSA) is 96.0 Å². The van der Waals surface area contributed by atoms with E-state index in [0.717, 1.165) is 9.87 Å². The van der Waals surface area contributed by atoms with Crippen LogP contribution in [0.2, 0.25) is 10.0 Å². The van der Waals surface area contributed by atoms with Gasteiger partial charge in [0.05, 0.1) is 27.7 Å². The van der Waals surface area contributed by atoms with Gasteiger partial charge in [0.15, 0.2) is 0 Å². The Morgan fingerprint density at radius 3 is 2.24 bits per heavy atom. The largest absolute Gasteiger partial charge is 0.497 e. The zero-order valence-electron chi connectivity index (χ0n) is 23.7. The summed E-state index contributed by atoms with van der Waals surface area (Å²) in [6.45, 7) is 7.25. The molecule has 220 valence electrons. The highest BCUT2D eigenvalue weighted by Gasteiger charge is 2.32. The van der Waals surface area contributed by atoms with E-state index in [9.17, 15) is 18.0 Å². The van der Waals surface area contributed by atoms with Crippen LogP contribution in [0.4, 0.5) is 5.69 Å². The molecule has 0 saturated carbocycles. The van der Waals surface area contributed by atoms with Gasteiger partial charge in [-0.3, -0.25) is 13.9 Å². The number of sulfonamides is 1. The Morgan fingerprint density at radius 2 is 1.63 bits per heavy atom. The Bertz CT molecular complexity index is 1480. The quantitative estimate of drug-likeness (QED) is 0.281. The van der Waals surface area contributed by atoms with Crippen molar-refractivity contribution in [1.82, 2.24) is 10.2 Å². The summed E-state index contributed by atoms with van der Waals surface area (Å²) in [6, 6.07) is 16.8. The number of aryl methyl sites for hydroxylation is 1. The van der Waals surface area contributed by atoms with Gasteiger partial charge >= 0.3 is 0 Å². The number of methoxy groups -OCH3 is 1. The lowest BCUT2D eigenvalue weighted by molar-refractivity contribution is -0.139. The summed E-state index contributed by atoms with van der Waals surface area (Å²) in [7, 11) is -2.71. The van der Waals surface area contributed by atoms with E-state index in [1.54, 1.807) is 61.5 Å². The van der Waals surface area contributed by atoms with Crippen molar-refractivity contribution < 1.29 is 22.7 Å². The van der Waals surface area contributed by atoms with Crippen molar-refractivity contribution in [2.24, 2.45) is 5.92 Å². The van der Waals surface area contributed by atoms with Crippen LogP contribution >= 0.6 is 23.2 Å². The van der Waals surface area contributed by atoms with E-state index in [-0.39, 0.29) is 29.0 Å². The fraction of sp³-hybridized carbons (Fsp3) is 0.333. The van der Waals surface area contributed by atoms with Crippen LogP contribution < -0.4 is 14.4 Å². The third-order valence-corrected chi connectivity index (χ3v) is 8.95. The van der Waals surface area contributed by atoms with E-state index in [0.29, 0.717) is 27.9 Å². The Balaban J connectivity index is 2.04. The summed E-state index contributed by atoms with van der Waals surface area (Å²) in [5.74, 6) is -0.315. The van der Waals surface area contributed by atoms with Gasteiger partial charge in [0.1, 0.15) is 18.3 Å². The standard InChI is InChI=1S/C30H35Cl2N3O5S/c1-20(2)17-33-30(37)22(4)34(18-23-11-14-27(31)28(32)15-23)29(36)19-35(24-7-6-8-25(16-24)40-5)41(38,39)26-12-9-21(3)10-13-26/h6-16,20,22H,17-19H2,1-5H3,(H,33,37)/t22-/m0/s1. The molecule has 0 aliphatic carbocycles. The summed E-state index contributed by atoms with van der Waals surface area (Å²) < 4.78 is 34.2. The van der Waals surface area contributed by atoms with Gasteiger partial charge in [-0.2, -0.15) is 0 Å². The third kappa shape index (κ3) is 8.38. The maximum atomic E-state index is 14.0. The van der Waals surface area contributed by atoms with Gasteiger partial charge in [-0.15, -0.1) is 0 Å². The van der Waals surface area contributed by atoms with E-state index in [4.69, 9.17) is 27.9 Å². The van der Waals surface area contributed by atoms with Crippen LogP contribution in [0.3, 0.4) is 0 Å². The van der Waals surface area contributed by atoms with Crippen molar-refractivity contribution in [1.29, 1.82) is 0 Å². The first-order chi connectivity index (χ1) is 19.3. The summed E-state index contributed by atoms with van der Waals surface area (Å²) in [5.41, 5.74) is 1.76. The molecule has 41 heavy (non-hydrogen) atoms. The molecule has 0 aliphatic heterocycles. The van der Waals surface area contributed by atoms with Gasteiger partial charge in [-0.05, 0) is 61.7 Å². The van der Waals surface area contributed by atoms with Gasteiger partial charge in [-0.25, -0.2) is 8.42 Å². The summed E-state index contributed by atoms with van der Waals surface area (Å²) >= 11 is 12.3. The first kappa shape index (κ1) is 32.2. The maximum absolute atomic E-state index is 14.0. The molecule has 0 spiro atoms. The van der Waals surface area contributed by atoms with Gasteiger partial charge in [0, 0.05) is 19.2 Å². The number of nitrogens with zero attached hydrogens (tertiary/aromatic N) is 2. The summed E-state index contributed by atoms with van der Waals surface area (Å²) in [6.07, 6.45) is 0. The van der Waals surface area contributed by atoms with Crippen molar-refractivity contribution >= 4 is 50.7 Å². The number of hydrogen-bond donors (Lipinski definition) is 1. The molecule has 1 N–H and O–H groups in total. The predicted octanol–water partition coefficient (Wildman–Crippen LogP) is 5.70. The number of halogens is 2. The predicted molar refractivity (Wildman–Crippen MR) is 163 cm³/mol. The van der Waals surface area contributed by atoms with Gasteiger partial charge in [0.25, 0.3) is 10.0 Å². The molecule has 0 saturated heterocycles. The van der Waals surface area contributed by atoms with Crippen molar-refractivity contribution in [2.45, 2.75) is 45.2 Å². The number of rotatable bonds is 12. The fourth-order valence-electron chi connectivity index (χ4n) is 4.00. The molecule has 3 rings (SSSR count). The number of carbonyl (C=O) groups is 2. The van der Waals surface area contributed by atoms with E-state index in [1.807, 2.05) is 20.8 Å². The molecule has 0 bridgehead atoms. The van der Waals surface area contributed by atoms with E-state index in [1.165, 1.54) is 24.1 Å². The average molecular weight is 621 g/mol. The normalized spacial score (nSPS) is 12.1. The molecule has 3 aromatic carbocycles. The Morgan fingerprint density at radius 1 is 0.951 bits per heavy atom. The highest BCUT2D eigenvalue weighted by Crippen LogP contribution is 2.28. The number of ether oxygens (including phenoxy) is 1. The van der Waals surface area contributed by atoms with Gasteiger partial charge in [-0.1, -0.05) is 66.9 Å². The molecule has 0 unspecified atom stereocenters. The molecule has 11 heteroatoms. The number of nitrogens with one attached hydrogen (secondary N) is 1. The van der Waals surface area contributed by atoms with Crippen molar-refractivity contribution in [3.05, 3.63) is 87.9 Å². The number of anilines is 1. The minimum absolute atomic E-state index is 0.00250. The molecule has 0 heterocycles. The van der Waals surface area contributed by atoms with Crippen LogP contribution in [-0.4, -0.2) is 51.4 Å². The molecular formula is C30H35Cl2N3O5S. The molecule has 0 radical (unpaired) electrons. The van der Waals surface area contributed by atoms with E-state index in [2.05, 4.69) is 5.32 Å². The average Bonchev–Trinajstić information content (AvgIpc) is 2.94. The first-order valence-corrected chi connectivity index (χ1v) is 15.3. The first-order valence-electron chi connectivity index (χ1n) is 13.1. The van der Waals surface area contributed by atoms with Crippen molar-refractivity contribution in [2.75, 3.05) is 24.5 Å². The Hall–Kier alpha value is -3.27. The summed E-state index contributed by atoms with van der Waals surface area (Å²) in [5, 5.41) is 3.51. The van der Waals surface area contributed by atoms with Gasteiger partial charge < -0.3 is 15.0 Å². The smallest absolute Gasteiger partial charge is 0.264 e. The number of amides is 2. The fourth-order valence-corrected chi connectivity index (χ4v) is 5.73. The monoisotopic (exact) mass is 619 g/mol. The molecule has 8 nitrogen and oxygen atoms in total. The zero-order valence-corrected chi connectivity index (χ0v) is 26.1. The van der Waals surface area contributed by atoms with Crippen LogP contribution in [0.1, 0.15) is 31.9 Å². The maximum Gasteiger partial charge on any atom is 0.264 e. The lowest BCUT2D eigenvalue weighted by atomic mass is 10.1. The molecule has 0 aliphatic rings. The van der Waals surface area contributed by atoms with Crippen LogP contribution in [0.25, 0.3) is 0 Å². The van der Waals surface area contributed by atoms with Crippen LogP contribution in [0, 0.1) is 12.8 Å². The lowest BCUT2D eigenvalue weighted by Crippen LogP contribution is -2.51. The zero-order chi connectivity index (χ0) is 30.3. The molecule has 1 atom stereocenters. The molecular weight excluding hydrogens is 585 g/mol. The second kappa shape index (κ2) is 14.1. The van der Waals surface area contributed by atoms with E-state index < -0.39 is 28.5 Å². The number of hydrogen-bond acceptors (Lipinski definition) is 5. The molecule has 2 amide bonds. The Labute approximate surface area is 252 Å². The van der Waals surface area contributed by atoms with Crippen LogP contribution in [0.5, 0.6) is 5.75 Å². The second-order valence-electron chi connectivity index (χ2n) is 10.1. The lowest BCUT2D eigenvalue weighted by Gasteiger charge is -2.32. The highest BCUT2D eigenvalue weighted by molar-refractivity contribution is 7.92. The minimum atomic E-state index is -4.19. The van der Waals surface area contributed by atoms with Crippen LogP contribution in [-0.2, 0) is 26.2 Å². The molecule has 3 aromatic rings. The van der Waals surface area contributed by atoms with Crippen molar-refractivity contribution in [3.8, 4) is 5.75 Å². The SMILES string of the molecule is COc1cccc(N(CC(=O)N(Cc2ccc(Cl)c(Cl)c2)[C@@H](C)C(=O)NCC(C)C)S(=O)(=O)c2ccc(C)cc2)c1. The van der Waals surface area contributed by atoms with E-state index >= 15 is 0 Å². The third-order valence-electron chi connectivity index (χ3n) is 6.42. The number of carbonyl (C=O) groups excluding carboxylic acids is 2. The summed E-state index contributed by atoms with van der Waals surface area (Å²) in [4.78, 5) is 28.5. The highest BCUT2D eigenvalue weighted by atomic mass is 35.5. The molecule has 0 aromatic heterocycles. The van der Waals surface area contributed by atoms with Crippen LogP contribution in [0.15, 0.2) is 71.6 Å². The molecule has 0 fully saturated rings. The van der Waals surface area contributed by atoms with Crippen molar-refractivity contribution in [3.63, 3.8) is 0 Å². The minimum Gasteiger partial charge on any atom is -0.497 e. The van der Waals surface area contributed by atoms with Gasteiger partial charge in [0.2, 0.25) is 11.8 Å².